The van der Waals surface area contributed by atoms with Crippen LogP contribution in [0.5, 0.6) is 0 Å². The van der Waals surface area contributed by atoms with Gasteiger partial charge in [-0.25, -0.2) is 0 Å². The summed E-state index contributed by atoms with van der Waals surface area (Å²) in [5.74, 6) is 0. The Balaban J connectivity index is 3.39. The Kier molecular flexibility index (Phi) is 3.53. The van der Waals surface area contributed by atoms with Crippen molar-refractivity contribution < 1.29 is 0 Å². The lowest BCUT2D eigenvalue weighted by Gasteiger charge is -2.07. The maximum Gasteiger partial charge on any atom is 0.0183 e. The number of allylic oxidation sites excluding steroid dienone is 1. The number of nitrogens with zero attached hydrogens (tertiary/aromatic N) is 1. The monoisotopic (exact) mass is 112 g/mol. The molecule has 1 radical (unpaired) electrons. The summed E-state index contributed by atoms with van der Waals surface area (Å²) in [6, 6.07) is 0. The molecule has 0 bridgehead atoms. The Labute approximate surface area is 52.0 Å². The molecule has 0 fully saturated rings. The molecule has 0 aliphatic heterocycles. The van der Waals surface area contributed by atoms with E-state index in [-0.39, 0.29) is 0 Å². The van der Waals surface area contributed by atoms with E-state index in [0.29, 0.717) is 0 Å². The first-order chi connectivity index (χ1) is 3.66. The molecular weight excluding hydrogens is 98.1 g/mol. The third-order valence-electron chi connectivity index (χ3n) is 0.914. The second-order valence-corrected chi connectivity index (χ2v) is 2.29. The number of hydrogen-bond donors (Lipinski definition) is 0. The summed E-state index contributed by atoms with van der Waals surface area (Å²) in [7, 11) is 4.10. The summed E-state index contributed by atoms with van der Waals surface area (Å²) < 4.78 is 0. The molecule has 0 amide bonds. The molecule has 0 spiro atoms. The van der Waals surface area contributed by atoms with E-state index in [1.807, 2.05) is 20.2 Å². The van der Waals surface area contributed by atoms with E-state index >= 15 is 0 Å². The summed E-state index contributed by atoms with van der Waals surface area (Å²) in [4.78, 5) is 2.12. The first-order valence-electron chi connectivity index (χ1n) is 2.76. The van der Waals surface area contributed by atoms with Gasteiger partial charge in [-0.1, -0.05) is 11.6 Å². The van der Waals surface area contributed by atoms with Crippen LogP contribution in [0.15, 0.2) is 11.6 Å². The molecule has 0 heterocycles. The quantitative estimate of drug-likeness (QED) is 0.521. The summed E-state index contributed by atoms with van der Waals surface area (Å²) in [6.45, 7) is 6.74. The fourth-order valence-electron chi connectivity index (χ4n) is 0.563. The van der Waals surface area contributed by atoms with Crippen molar-refractivity contribution in [2.24, 2.45) is 0 Å². The Morgan fingerprint density at radius 1 is 1.62 bits per heavy atom. The fourth-order valence-corrected chi connectivity index (χ4v) is 0.563. The molecule has 0 saturated carbocycles. The van der Waals surface area contributed by atoms with Crippen molar-refractivity contribution in [3.05, 3.63) is 18.6 Å². The van der Waals surface area contributed by atoms with E-state index in [1.165, 1.54) is 5.57 Å². The van der Waals surface area contributed by atoms with Crippen molar-refractivity contribution in [3.63, 3.8) is 0 Å². The molecule has 0 aliphatic rings. The van der Waals surface area contributed by atoms with Crippen LogP contribution in [0.25, 0.3) is 0 Å². The average molecular weight is 112 g/mol. The van der Waals surface area contributed by atoms with Gasteiger partial charge in [0.15, 0.2) is 0 Å². The molecule has 0 unspecified atom stereocenters. The lowest BCUT2D eigenvalue weighted by atomic mass is 10.3. The number of hydrogen-bond acceptors (Lipinski definition) is 1. The Bertz CT molecular complexity index is 82.4. The third kappa shape index (κ3) is 3.88. The van der Waals surface area contributed by atoms with Crippen molar-refractivity contribution in [3.8, 4) is 0 Å². The van der Waals surface area contributed by atoms with Gasteiger partial charge in [0.1, 0.15) is 0 Å². The average Bonchev–Trinajstić information content (AvgIpc) is 1.65. The van der Waals surface area contributed by atoms with Crippen LogP contribution in [-0.2, 0) is 0 Å². The predicted octanol–water partition coefficient (Wildman–Crippen LogP) is 1.33. The second kappa shape index (κ2) is 3.67. The van der Waals surface area contributed by atoms with Crippen LogP contribution >= 0.6 is 0 Å². The Morgan fingerprint density at radius 2 is 2.12 bits per heavy atom. The third-order valence-corrected chi connectivity index (χ3v) is 0.914. The van der Waals surface area contributed by atoms with Gasteiger partial charge in [0.05, 0.1) is 0 Å². The van der Waals surface area contributed by atoms with Gasteiger partial charge in [-0.15, -0.1) is 0 Å². The van der Waals surface area contributed by atoms with Crippen LogP contribution in [0.4, 0.5) is 0 Å². The minimum Gasteiger partial charge on any atom is -0.305 e. The van der Waals surface area contributed by atoms with E-state index in [0.717, 1.165) is 6.54 Å². The van der Waals surface area contributed by atoms with Crippen LogP contribution in [-0.4, -0.2) is 25.5 Å². The van der Waals surface area contributed by atoms with E-state index in [9.17, 15) is 0 Å². The molecule has 0 N–H and O–H groups in total. The van der Waals surface area contributed by atoms with Crippen LogP contribution in [0.3, 0.4) is 0 Å². The summed E-state index contributed by atoms with van der Waals surface area (Å²) in [6.07, 6.45) is 1.89. The van der Waals surface area contributed by atoms with Crippen molar-refractivity contribution in [2.45, 2.75) is 6.92 Å². The highest BCUT2D eigenvalue weighted by Crippen LogP contribution is 1.90. The minimum atomic E-state index is 1.02. The molecule has 47 valence electrons. The largest absolute Gasteiger partial charge is 0.305 e. The van der Waals surface area contributed by atoms with Gasteiger partial charge in [0, 0.05) is 6.54 Å². The van der Waals surface area contributed by atoms with E-state index in [1.54, 1.807) is 0 Å². The normalized spacial score (nSPS) is 12.9. The lowest BCUT2D eigenvalue weighted by molar-refractivity contribution is 0.445. The summed E-state index contributed by atoms with van der Waals surface area (Å²) >= 11 is 0. The van der Waals surface area contributed by atoms with Crippen molar-refractivity contribution in [1.29, 1.82) is 0 Å². The maximum atomic E-state index is 3.65. The molecule has 0 rings (SSSR count). The van der Waals surface area contributed by atoms with Gasteiger partial charge in [-0.2, -0.15) is 0 Å². The molecule has 0 aromatic rings. The molecule has 0 atom stereocenters. The van der Waals surface area contributed by atoms with Crippen LogP contribution in [0, 0.1) is 6.92 Å². The molecule has 1 heteroatoms. The van der Waals surface area contributed by atoms with Crippen molar-refractivity contribution >= 4 is 0 Å². The fraction of sp³-hybridized carbons (Fsp3) is 0.571. The molecule has 0 aliphatic carbocycles. The molecule has 1 nitrogen and oxygen atoms in total. The van der Waals surface area contributed by atoms with Crippen LogP contribution < -0.4 is 0 Å². The standard InChI is InChI=1S/C7H14N/c1-5-7(2)6-8(3)4/h5H,1,6H2,2-4H3/b7-5+. The van der Waals surface area contributed by atoms with Crippen LogP contribution in [0.2, 0.25) is 0 Å². The highest BCUT2D eigenvalue weighted by molar-refractivity contribution is 5.01. The second-order valence-electron chi connectivity index (χ2n) is 2.29. The lowest BCUT2D eigenvalue weighted by Crippen LogP contribution is -2.13. The molecule has 8 heavy (non-hydrogen) atoms. The predicted molar refractivity (Wildman–Crippen MR) is 37.7 cm³/mol. The summed E-state index contributed by atoms with van der Waals surface area (Å²) in [5, 5.41) is 0. The van der Waals surface area contributed by atoms with Gasteiger partial charge < -0.3 is 4.90 Å². The number of likely N-dealkylation sites (N-methyl/N-ethyl adjacent to an activating group) is 1. The first-order valence-corrected chi connectivity index (χ1v) is 2.76. The van der Waals surface area contributed by atoms with E-state index in [2.05, 4.69) is 18.7 Å². The maximum absolute atomic E-state index is 3.65. The molecular formula is C7H14N. The number of rotatable bonds is 2. The molecule has 0 aromatic heterocycles. The Hall–Kier alpha value is -0.300. The molecule has 0 saturated heterocycles. The Morgan fingerprint density at radius 3 is 2.25 bits per heavy atom. The zero-order valence-corrected chi connectivity index (χ0v) is 5.94. The van der Waals surface area contributed by atoms with Gasteiger partial charge in [0.25, 0.3) is 0 Å². The van der Waals surface area contributed by atoms with Gasteiger partial charge >= 0.3 is 0 Å². The topological polar surface area (TPSA) is 3.24 Å². The minimum absolute atomic E-state index is 1.02. The van der Waals surface area contributed by atoms with Gasteiger partial charge in [0.2, 0.25) is 0 Å². The van der Waals surface area contributed by atoms with Crippen molar-refractivity contribution in [2.75, 3.05) is 20.6 Å². The van der Waals surface area contributed by atoms with E-state index in [4.69, 9.17) is 0 Å². The van der Waals surface area contributed by atoms with E-state index < -0.39 is 0 Å². The van der Waals surface area contributed by atoms with Gasteiger partial charge in [-0.3, -0.25) is 0 Å². The zero-order valence-electron chi connectivity index (χ0n) is 5.94. The highest BCUT2D eigenvalue weighted by Gasteiger charge is 1.87. The first kappa shape index (κ1) is 7.70. The molecule has 0 aromatic carbocycles. The summed E-state index contributed by atoms with van der Waals surface area (Å²) in [5.41, 5.74) is 1.31. The smallest absolute Gasteiger partial charge is 0.0183 e. The zero-order chi connectivity index (χ0) is 6.57. The van der Waals surface area contributed by atoms with Crippen molar-refractivity contribution in [1.82, 2.24) is 4.90 Å². The highest BCUT2D eigenvalue weighted by atomic mass is 15.0. The SMILES string of the molecule is [CH2]/C=C(\C)CN(C)C. The van der Waals surface area contributed by atoms with Crippen LogP contribution in [0.1, 0.15) is 6.92 Å². The van der Waals surface area contributed by atoms with Gasteiger partial charge in [-0.05, 0) is 27.9 Å².